The number of pyridine rings is 1. The van der Waals surface area contributed by atoms with E-state index in [0.717, 1.165) is 0 Å². The molecule has 0 saturated heterocycles. The summed E-state index contributed by atoms with van der Waals surface area (Å²) in [7, 11) is 1.39. The molecule has 3 nitrogen and oxygen atoms in total. The summed E-state index contributed by atoms with van der Waals surface area (Å²) in [4.78, 5) is 0. The van der Waals surface area contributed by atoms with Crippen LogP contribution in [0.1, 0.15) is 0 Å². The Morgan fingerprint density at radius 3 is 1.33 bits per heavy atom. The SMILES string of the molecule is CS(C)=O.C[n+]1ccccc1.I.N.[I][Pb]([I])([I])[I]. The van der Waals surface area contributed by atoms with Crippen LogP contribution in [-0.2, 0) is 17.8 Å². The van der Waals surface area contributed by atoms with Crippen LogP contribution in [0.3, 0.4) is 0 Å². The fourth-order valence-electron chi connectivity index (χ4n) is 0.485. The zero-order valence-corrected chi connectivity index (χ0v) is 25.9. The Labute approximate surface area is 170 Å². The second-order valence-electron chi connectivity index (χ2n) is 2.71. The van der Waals surface area contributed by atoms with Crippen LogP contribution in [-0.4, -0.2) is 20.7 Å². The number of rotatable bonds is 0. The minimum absolute atomic E-state index is 0. The van der Waals surface area contributed by atoms with Gasteiger partial charge in [0.15, 0.2) is 12.4 Å². The summed E-state index contributed by atoms with van der Waals surface area (Å²) in [5.74, 6) is 0. The van der Waals surface area contributed by atoms with Crippen LogP contribution in [0, 0.1) is 0 Å². The van der Waals surface area contributed by atoms with Crippen LogP contribution < -0.4 is 10.7 Å². The molecule has 0 spiro atoms. The topological polar surface area (TPSA) is 56.0 Å². The van der Waals surface area contributed by atoms with Gasteiger partial charge in [-0.05, 0) is 0 Å². The normalized spacial score (nSPS) is 8.67. The third-order valence-corrected chi connectivity index (χ3v) is 0.865. The molecule has 1 aromatic heterocycles. The monoisotopic (exact) mass is 1030 g/mol. The van der Waals surface area contributed by atoms with E-state index >= 15 is 0 Å². The van der Waals surface area contributed by atoms with E-state index in [-0.39, 0.29) is 30.1 Å². The molecule has 0 aromatic carbocycles. The van der Waals surface area contributed by atoms with Crippen molar-refractivity contribution in [2.45, 2.75) is 0 Å². The zero-order valence-electron chi connectivity index (χ0n) is 10.3. The summed E-state index contributed by atoms with van der Waals surface area (Å²) < 4.78 is 10.2. The van der Waals surface area contributed by atoms with Crippen molar-refractivity contribution < 1.29 is 8.78 Å². The molecule has 0 saturated carbocycles. The molecule has 0 bridgehead atoms. The van der Waals surface area contributed by atoms with Gasteiger partial charge in [-0.25, -0.2) is 4.57 Å². The summed E-state index contributed by atoms with van der Waals surface area (Å²) in [6.45, 7) is 0. The first kappa shape index (κ1) is 29.8. The van der Waals surface area contributed by atoms with Crippen molar-refractivity contribution in [1.82, 2.24) is 6.15 Å². The first-order valence-electron chi connectivity index (χ1n) is 4.04. The maximum absolute atomic E-state index is 9.56. The third-order valence-electron chi connectivity index (χ3n) is 0.865. The van der Waals surface area contributed by atoms with Crippen molar-refractivity contribution in [2.24, 2.45) is 7.05 Å². The maximum atomic E-state index is 9.56. The van der Waals surface area contributed by atoms with Gasteiger partial charge in [0.05, 0.1) is 0 Å². The molecule has 1 heterocycles. The van der Waals surface area contributed by atoms with Crippen molar-refractivity contribution >= 4 is 110 Å². The Balaban J connectivity index is -0.0000000811. The molecular formula is C8H18I5N2OPbS+. The molecule has 10 heteroatoms. The van der Waals surface area contributed by atoms with Crippen molar-refractivity contribution in [1.29, 1.82) is 0 Å². The van der Waals surface area contributed by atoms with Gasteiger partial charge in [0.25, 0.3) is 0 Å². The molecule has 110 valence electrons. The molecule has 18 heavy (non-hydrogen) atoms. The summed E-state index contributed by atoms with van der Waals surface area (Å²) in [6, 6.07) is 6.00. The quantitative estimate of drug-likeness (QED) is 0.238. The van der Waals surface area contributed by atoms with Crippen molar-refractivity contribution in [3.63, 3.8) is 0 Å². The molecule has 1 aromatic rings. The number of aryl methyl sites for hydroxylation is 1. The van der Waals surface area contributed by atoms with Crippen LogP contribution in [0.25, 0.3) is 0 Å². The molecule has 0 aliphatic rings. The molecule has 0 aliphatic carbocycles. The van der Waals surface area contributed by atoms with Crippen molar-refractivity contribution in [3.8, 4) is 0 Å². The Hall–Kier alpha value is 3.83. The molecule has 0 fully saturated rings. The molecule has 1 rings (SSSR count). The van der Waals surface area contributed by atoms with E-state index in [0.29, 0.717) is 0 Å². The average molecular weight is 1030 g/mol. The molecule has 0 atom stereocenters. The second-order valence-corrected chi connectivity index (χ2v) is 173. The second kappa shape index (κ2) is 18.9. The Kier molecular flexibility index (Phi) is 31.3. The van der Waals surface area contributed by atoms with Gasteiger partial charge >= 0.3 is 75.0 Å². The first-order valence-corrected chi connectivity index (χ1v) is 49.7. The van der Waals surface area contributed by atoms with E-state index in [4.69, 9.17) is 0 Å². The van der Waals surface area contributed by atoms with E-state index in [9.17, 15) is 4.21 Å². The van der Waals surface area contributed by atoms with Gasteiger partial charge in [0.2, 0.25) is 0 Å². The number of aromatic nitrogens is 1. The Morgan fingerprint density at radius 2 is 1.22 bits per heavy atom. The summed E-state index contributed by atoms with van der Waals surface area (Å²) in [5, 5.41) is 0. The number of hydrogen-bond donors (Lipinski definition) is 1. The minimum atomic E-state index is -1.40. The van der Waals surface area contributed by atoms with Gasteiger partial charge in [-0.3, -0.25) is 4.21 Å². The fourth-order valence-corrected chi connectivity index (χ4v) is 0.485. The van der Waals surface area contributed by atoms with E-state index in [1.165, 1.54) is 0 Å². The van der Waals surface area contributed by atoms with Gasteiger partial charge in [0.1, 0.15) is 7.05 Å². The first-order chi connectivity index (χ1) is 7.13. The van der Waals surface area contributed by atoms with Crippen LogP contribution in [0.5, 0.6) is 0 Å². The van der Waals surface area contributed by atoms with Gasteiger partial charge in [0, 0.05) is 35.4 Å². The molecule has 0 aliphatic heterocycles. The summed E-state index contributed by atoms with van der Waals surface area (Å²) >= 11 is 10.2. The molecular weight excluding hydrogens is 1010 g/mol. The molecule has 0 unspecified atom stereocenters. The van der Waals surface area contributed by atoms with Gasteiger partial charge < -0.3 is 6.15 Å². The molecule has 3 N–H and O–H groups in total. The van der Waals surface area contributed by atoms with Crippen LogP contribution in [0.4, 0.5) is 0 Å². The zero-order chi connectivity index (χ0) is 13.2. The number of halogens is 5. The molecule has 0 amide bonds. The van der Waals surface area contributed by atoms with E-state index in [2.05, 4.69) is 71.0 Å². The van der Waals surface area contributed by atoms with Gasteiger partial charge in [-0.1, -0.05) is 6.07 Å². The summed E-state index contributed by atoms with van der Waals surface area (Å²) in [6.07, 6.45) is 7.28. The standard InChI is InChI=1S/C6H8N.C2H6OS.5HI.H3N.Pb/c1-7-5-3-2-4-6-7;1-4(2)3;;;;;;;/h2-6H,1H3;1-2H3;5*1H;1H3;/q+1;;;;;;;;+4/p-4. The third kappa shape index (κ3) is 50.2. The predicted octanol–water partition coefficient (Wildman–Crippen LogP) is 4.45. The van der Waals surface area contributed by atoms with E-state index in [1.54, 1.807) is 12.5 Å². The number of hydrogen-bond acceptors (Lipinski definition) is 2. The predicted molar refractivity (Wildman–Crippen MR) is 130 cm³/mol. The number of nitrogens with zero attached hydrogens (tertiary/aromatic N) is 1. The summed E-state index contributed by atoms with van der Waals surface area (Å²) in [5.41, 5.74) is 0. The van der Waals surface area contributed by atoms with Crippen LogP contribution in [0.2, 0.25) is 0 Å². The van der Waals surface area contributed by atoms with Gasteiger partial charge in [-0.2, -0.15) is 0 Å². The van der Waals surface area contributed by atoms with Gasteiger partial charge in [-0.15, -0.1) is 24.0 Å². The Bertz CT molecular complexity index is 289. The molecule has 0 radical (unpaired) electrons. The fraction of sp³-hybridized carbons (Fsp3) is 0.375. The van der Waals surface area contributed by atoms with Crippen molar-refractivity contribution in [3.05, 3.63) is 30.6 Å². The van der Waals surface area contributed by atoms with Crippen LogP contribution in [0.15, 0.2) is 30.6 Å². The van der Waals surface area contributed by atoms with Crippen molar-refractivity contribution in [2.75, 3.05) is 12.5 Å². The average Bonchev–Trinajstić information content (AvgIpc) is 2.00. The van der Waals surface area contributed by atoms with E-state index in [1.807, 2.05) is 42.2 Å². The Morgan fingerprint density at radius 1 is 1.00 bits per heavy atom. The van der Waals surface area contributed by atoms with E-state index < -0.39 is 14.8 Å². The van der Waals surface area contributed by atoms with Crippen LogP contribution >= 0.6 is 95.0 Å².